The Morgan fingerprint density at radius 2 is 1.91 bits per heavy atom. The second-order valence-electron chi connectivity index (χ2n) is 8.31. The average molecular weight is 489 g/mol. The zero-order valence-electron chi connectivity index (χ0n) is 19.5. The summed E-state index contributed by atoms with van der Waals surface area (Å²) in [4.78, 5) is 24.9. The third-order valence-corrected chi connectivity index (χ3v) is 7.14. The molecule has 2 amide bonds. The maximum absolute atomic E-state index is 12.8. The molecule has 2 aromatic rings. The summed E-state index contributed by atoms with van der Waals surface area (Å²) < 4.78 is 33.9. The monoisotopic (exact) mass is 488 g/mol. The molecule has 2 atom stereocenters. The van der Waals surface area contributed by atoms with Crippen molar-refractivity contribution in [2.45, 2.75) is 51.1 Å². The summed E-state index contributed by atoms with van der Waals surface area (Å²) in [7, 11) is -2.49. The van der Waals surface area contributed by atoms with Gasteiger partial charge in [0.2, 0.25) is 5.91 Å². The Labute approximate surface area is 200 Å². The van der Waals surface area contributed by atoms with E-state index in [0.29, 0.717) is 23.5 Å². The summed E-state index contributed by atoms with van der Waals surface area (Å²) in [5.74, 6) is -0.170. The number of nitrogens with zero attached hydrogens (tertiary/aromatic N) is 1. The molecule has 10 heteroatoms. The fourth-order valence-corrected chi connectivity index (χ4v) is 5.27. The maximum atomic E-state index is 12.8. The molecule has 9 nitrogen and oxygen atoms in total. The first-order valence-electron chi connectivity index (χ1n) is 11.4. The predicted octanol–water partition coefficient (Wildman–Crippen LogP) is 1.66. The van der Waals surface area contributed by atoms with Gasteiger partial charge in [0.25, 0.3) is 5.91 Å². The number of rotatable bonds is 11. The van der Waals surface area contributed by atoms with E-state index in [9.17, 15) is 18.0 Å². The molecule has 0 aliphatic carbocycles. The Hall–Kier alpha value is -3.11. The lowest BCUT2D eigenvalue weighted by Crippen LogP contribution is -2.42. The first kappa shape index (κ1) is 25.5. The Morgan fingerprint density at radius 3 is 2.59 bits per heavy atom. The van der Waals surface area contributed by atoms with E-state index >= 15 is 0 Å². The van der Waals surface area contributed by atoms with Crippen molar-refractivity contribution < 1.29 is 22.7 Å². The number of nitrogens with two attached hydrogens (primary N) is 1. The number of benzene rings is 2. The fraction of sp³-hybridized carbons (Fsp3) is 0.417. The van der Waals surface area contributed by atoms with Crippen molar-refractivity contribution in [2.75, 3.05) is 18.0 Å². The minimum atomic E-state index is -4.05. The van der Waals surface area contributed by atoms with Gasteiger partial charge in [0, 0.05) is 13.0 Å². The van der Waals surface area contributed by atoms with Gasteiger partial charge < -0.3 is 15.8 Å². The lowest BCUT2D eigenvalue weighted by Gasteiger charge is -2.23. The van der Waals surface area contributed by atoms with Gasteiger partial charge in [-0.1, -0.05) is 44.0 Å². The Balaban J connectivity index is 1.76. The van der Waals surface area contributed by atoms with Crippen LogP contribution >= 0.6 is 0 Å². The molecule has 4 N–H and O–H groups in total. The minimum Gasteiger partial charge on any atom is -0.497 e. The topological polar surface area (TPSA) is 131 Å². The number of hydrogen-bond donors (Lipinski definition) is 3. The molecule has 0 radical (unpaired) electrons. The summed E-state index contributed by atoms with van der Waals surface area (Å²) in [5, 5.41) is 2.83. The fourth-order valence-electron chi connectivity index (χ4n) is 3.88. The number of hydrogen-bond acceptors (Lipinski definition) is 6. The Kier molecular flexibility index (Phi) is 8.51. The molecule has 0 unspecified atom stereocenters. The average Bonchev–Trinajstić information content (AvgIpc) is 3.04. The van der Waals surface area contributed by atoms with Gasteiger partial charge in [-0.25, -0.2) is 9.03 Å². The highest BCUT2D eigenvalue weighted by Crippen LogP contribution is 2.28. The molecule has 2 aromatic carbocycles. The van der Waals surface area contributed by atoms with Crippen molar-refractivity contribution in [3.05, 3.63) is 59.7 Å². The molecule has 0 spiro atoms. The van der Waals surface area contributed by atoms with Crippen LogP contribution in [-0.4, -0.2) is 46.0 Å². The number of ether oxygens (including phenoxy) is 1. The second-order valence-corrected chi connectivity index (χ2v) is 9.86. The van der Waals surface area contributed by atoms with Crippen LogP contribution in [-0.2, 0) is 32.6 Å². The quantitative estimate of drug-likeness (QED) is 0.413. The van der Waals surface area contributed by atoms with Crippen LogP contribution in [0.1, 0.15) is 37.3 Å². The molecule has 1 saturated heterocycles. The molecule has 1 heterocycles. The van der Waals surface area contributed by atoms with Gasteiger partial charge in [0.15, 0.2) is 0 Å². The van der Waals surface area contributed by atoms with Crippen molar-refractivity contribution >= 4 is 27.7 Å². The van der Waals surface area contributed by atoms with E-state index in [1.54, 1.807) is 55.6 Å². The lowest BCUT2D eigenvalue weighted by molar-refractivity contribution is -0.122. The van der Waals surface area contributed by atoms with Crippen LogP contribution in [0.3, 0.4) is 0 Å². The summed E-state index contributed by atoms with van der Waals surface area (Å²) in [6.45, 7) is 2.67. The normalized spacial score (nSPS) is 17.8. The van der Waals surface area contributed by atoms with Gasteiger partial charge in [0.1, 0.15) is 11.8 Å². The van der Waals surface area contributed by atoms with Crippen LogP contribution in [0.2, 0.25) is 0 Å². The van der Waals surface area contributed by atoms with Gasteiger partial charge in [-0.2, -0.15) is 8.42 Å². The molecule has 0 aromatic heterocycles. The first-order valence-corrected chi connectivity index (χ1v) is 12.8. The third kappa shape index (κ3) is 6.27. The molecule has 1 aliphatic rings. The van der Waals surface area contributed by atoms with Crippen LogP contribution in [0.15, 0.2) is 48.5 Å². The number of carbonyl (C=O) groups is 2. The van der Waals surface area contributed by atoms with E-state index in [-0.39, 0.29) is 18.7 Å². The zero-order chi connectivity index (χ0) is 24.7. The van der Waals surface area contributed by atoms with E-state index in [1.807, 2.05) is 0 Å². The first-order chi connectivity index (χ1) is 16.2. The Bertz CT molecular complexity index is 1100. The number of anilines is 1. The number of methoxy groups -OCH3 is 1. The molecular formula is C24H32N4O5S. The molecule has 0 saturated carbocycles. The summed E-state index contributed by atoms with van der Waals surface area (Å²) in [6.07, 6.45) is 3.43. The van der Waals surface area contributed by atoms with Gasteiger partial charge in [-0.15, -0.1) is 0 Å². The Morgan fingerprint density at radius 1 is 1.18 bits per heavy atom. The van der Waals surface area contributed by atoms with Gasteiger partial charge in [-0.05, 0) is 48.2 Å². The van der Waals surface area contributed by atoms with Crippen LogP contribution in [0.5, 0.6) is 5.75 Å². The summed E-state index contributed by atoms with van der Waals surface area (Å²) >= 11 is 0. The van der Waals surface area contributed by atoms with E-state index in [1.165, 1.54) is 0 Å². The molecular weight excluding hydrogens is 456 g/mol. The molecule has 34 heavy (non-hydrogen) atoms. The highest BCUT2D eigenvalue weighted by Gasteiger charge is 2.44. The number of amides is 2. The molecule has 184 valence electrons. The van der Waals surface area contributed by atoms with Crippen LogP contribution < -0.4 is 24.8 Å². The van der Waals surface area contributed by atoms with Crippen LogP contribution in [0, 0.1) is 0 Å². The molecule has 3 rings (SSSR count). The SMILES string of the molecule is CCCCCNC(=O)[C@@H](N)Cc1cccc(N2[C@@H](Cc3ccc(OC)cc3)C(=O)NS2(=O)=O)c1. The molecule has 0 bridgehead atoms. The van der Waals surface area contributed by atoms with E-state index in [0.717, 1.165) is 29.1 Å². The third-order valence-electron chi connectivity index (χ3n) is 5.70. The van der Waals surface area contributed by atoms with Crippen molar-refractivity contribution in [2.24, 2.45) is 5.73 Å². The van der Waals surface area contributed by atoms with E-state index < -0.39 is 28.2 Å². The van der Waals surface area contributed by atoms with Gasteiger partial charge >= 0.3 is 10.2 Å². The largest absolute Gasteiger partial charge is 0.497 e. The second kappa shape index (κ2) is 11.3. The molecule has 1 aliphatic heterocycles. The minimum absolute atomic E-state index is 0.193. The zero-order valence-corrected chi connectivity index (χ0v) is 20.3. The highest BCUT2D eigenvalue weighted by molar-refractivity contribution is 7.92. The van der Waals surface area contributed by atoms with Crippen LogP contribution in [0.25, 0.3) is 0 Å². The van der Waals surface area contributed by atoms with E-state index in [4.69, 9.17) is 10.5 Å². The highest BCUT2D eigenvalue weighted by atomic mass is 32.2. The van der Waals surface area contributed by atoms with Gasteiger partial charge in [0.05, 0.1) is 18.8 Å². The van der Waals surface area contributed by atoms with Crippen molar-refractivity contribution in [1.29, 1.82) is 0 Å². The number of nitrogens with one attached hydrogen (secondary N) is 2. The van der Waals surface area contributed by atoms with Crippen LogP contribution in [0.4, 0.5) is 5.69 Å². The number of unbranched alkanes of at least 4 members (excludes halogenated alkanes) is 2. The maximum Gasteiger partial charge on any atom is 0.326 e. The predicted molar refractivity (Wildman–Crippen MR) is 131 cm³/mol. The van der Waals surface area contributed by atoms with Crippen molar-refractivity contribution in [3.63, 3.8) is 0 Å². The van der Waals surface area contributed by atoms with E-state index in [2.05, 4.69) is 17.0 Å². The summed E-state index contributed by atoms with van der Waals surface area (Å²) in [5.41, 5.74) is 7.91. The number of carbonyl (C=O) groups excluding carboxylic acids is 2. The molecule has 1 fully saturated rings. The smallest absolute Gasteiger partial charge is 0.326 e. The standard InChI is InChI=1S/C24H32N4O5S/c1-3-4-5-13-26-23(29)21(25)15-18-7-6-8-19(14-18)28-22(24(30)27-34(28,31)32)16-17-9-11-20(33-2)12-10-17/h6-12,14,21-22H,3-5,13,15-16,25H2,1-2H3,(H,26,29)(H,27,30)/t21-,22-/m0/s1. The van der Waals surface area contributed by atoms with Crippen molar-refractivity contribution in [3.8, 4) is 5.75 Å². The summed E-state index contributed by atoms with van der Waals surface area (Å²) in [6, 6.07) is 12.2. The van der Waals surface area contributed by atoms with Crippen molar-refractivity contribution in [1.82, 2.24) is 10.0 Å². The van der Waals surface area contributed by atoms with Gasteiger partial charge in [-0.3, -0.25) is 9.59 Å². The lowest BCUT2D eigenvalue weighted by atomic mass is 10.0.